The summed E-state index contributed by atoms with van der Waals surface area (Å²) in [6.07, 6.45) is -0.424. The second-order valence-corrected chi connectivity index (χ2v) is 6.85. The zero-order valence-corrected chi connectivity index (χ0v) is 14.2. The topological polar surface area (TPSA) is 67.6 Å². The number of thiophene rings is 1. The fraction of sp³-hybridized carbons (Fsp3) is 0.500. The second kappa shape index (κ2) is 7.87. The molecular weight excluding hydrogens is 333 g/mol. The molecule has 1 saturated heterocycles. The maximum Gasteiger partial charge on any atom is 0.273 e. The fourth-order valence-electron chi connectivity index (χ4n) is 2.86. The smallest absolute Gasteiger partial charge is 0.273 e. The van der Waals surface area contributed by atoms with Crippen LogP contribution in [-0.4, -0.2) is 48.4 Å². The molecule has 2 atom stereocenters. The van der Waals surface area contributed by atoms with Crippen molar-refractivity contribution in [3.63, 3.8) is 0 Å². The lowest BCUT2D eigenvalue weighted by Gasteiger charge is -2.23. The third-order valence-corrected chi connectivity index (χ3v) is 4.85. The number of methoxy groups -OCH3 is 1. The molecule has 8 heteroatoms. The monoisotopic (exact) mass is 353 g/mol. The highest BCUT2D eigenvalue weighted by Crippen LogP contribution is 2.24. The normalized spacial score (nSPS) is 21.2. The van der Waals surface area contributed by atoms with E-state index in [4.69, 9.17) is 9.26 Å². The highest BCUT2D eigenvalue weighted by atomic mass is 32.1. The first-order valence-electron chi connectivity index (χ1n) is 7.79. The van der Waals surface area contributed by atoms with Crippen molar-refractivity contribution < 1.29 is 18.4 Å². The molecule has 1 aliphatic rings. The Hall–Kier alpha value is -1.77. The summed E-state index contributed by atoms with van der Waals surface area (Å²) >= 11 is 1.66. The lowest BCUT2D eigenvalue weighted by atomic mass is 10.2. The number of carbonyl (C=O) groups is 1. The van der Waals surface area contributed by atoms with Gasteiger partial charge in [-0.05, 0) is 17.9 Å². The molecule has 2 aromatic rings. The molecule has 0 aromatic carbocycles. The molecular formula is C16H20FN3O3S. The molecule has 6 nitrogen and oxygen atoms in total. The summed E-state index contributed by atoms with van der Waals surface area (Å²) < 4.78 is 23.7. The number of rotatable bonds is 7. The summed E-state index contributed by atoms with van der Waals surface area (Å²) in [5, 5.41) is 8.55. The minimum Gasteiger partial charge on any atom is -0.377 e. The van der Waals surface area contributed by atoms with Crippen LogP contribution in [0.3, 0.4) is 0 Å². The third-order valence-electron chi connectivity index (χ3n) is 3.99. The van der Waals surface area contributed by atoms with E-state index in [2.05, 4.69) is 15.4 Å². The first-order valence-corrected chi connectivity index (χ1v) is 8.67. The van der Waals surface area contributed by atoms with Gasteiger partial charge in [0.05, 0.1) is 0 Å². The van der Waals surface area contributed by atoms with Gasteiger partial charge in [0.2, 0.25) is 0 Å². The molecule has 24 heavy (non-hydrogen) atoms. The summed E-state index contributed by atoms with van der Waals surface area (Å²) in [6, 6.07) is 5.56. The van der Waals surface area contributed by atoms with Crippen LogP contribution in [0.2, 0.25) is 0 Å². The van der Waals surface area contributed by atoms with Gasteiger partial charge in [-0.25, -0.2) is 4.39 Å². The van der Waals surface area contributed by atoms with Gasteiger partial charge in [-0.15, -0.1) is 11.3 Å². The Kier molecular flexibility index (Phi) is 5.60. The molecule has 1 N–H and O–H groups in total. The minimum atomic E-state index is -0.854. The van der Waals surface area contributed by atoms with E-state index in [-0.39, 0.29) is 24.2 Å². The van der Waals surface area contributed by atoms with Gasteiger partial charge in [0, 0.05) is 43.7 Å². The lowest BCUT2D eigenvalue weighted by molar-refractivity contribution is 0.0930. The fourth-order valence-corrected chi connectivity index (χ4v) is 3.59. The highest BCUT2D eigenvalue weighted by molar-refractivity contribution is 7.09. The number of hydrogen-bond donors (Lipinski definition) is 1. The van der Waals surface area contributed by atoms with Gasteiger partial charge in [-0.1, -0.05) is 11.2 Å². The van der Waals surface area contributed by atoms with Crippen LogP contribution in [0.4, 0.5) is 4.39 Å². The van der Waals surface area contributed by atoms with Crippen molar-refractivity contribution in [1.82, 2.24) is 15.4 Å². The number of ether oxygens (including phenoxy) is 1. The van der Waals surface area contributed by atoms with E-state index >= 15 is 0 Å². The Morgan fingerprint density at radius 2 is 2.50 bits per heavy atom. The van der Waals surface area contributed by atoms with Crippen LogP contribution in [0.1, 0.15) is 27.5 Å². The average molecular weight is 353 g/mol. The molecule has 1 fully saturated rings. The average Bonchev–Trinajstić information content (AvgIpc) is 3.28. The van der Waals surface area contributed by atoms with Gasteiger partial charge in [-0.3, -0.25) is 9.69 Å². The number of amides is 1. The number of nitrogens with zero attached hydrogens (tertiary/aromatic N) is 2. The zero-order chi connectivity index (χ0) is 16.9. The van der Waals surface area contributed by atoms with E-state index in [1.54, 1.807) is 17.4 Å². The van der Waals surface area contributed by atoms with Crippen molar-refractivity contribution in [1.29, 1.82) is 0 Å². The van der Waals surface area contributed by atoms with E-state index in [1.165, 1.54) is 12.0 Å². The highest BCUT2D eigenvalue weighted by Gasteiger charge is 2.32. The predicted molar refractivity (Wildman–Crippen MR) is 87.6 cm³/mol. The molecule has 1 aliphatic heterocycles. The second-order valence-electron chi connectivity index (χ2n) is 5.82. The number of hydrogen-bond acceptors (Lipinski definition) is 6. The van der Waals surface area contributed by atoms with Crippen LogP contribution in [0.25, 0.3) is 0 Å². The summed E-state index contributed by atoms with van der Waals surface area (Å²) in [4.78, 5) is 15.4. The van der Waals surface area contributed by atoms with Crippen molar-refractivity contribution in [2.45, 2.75) is 31.8 Å². The summed E-state index contributed by atoms with van der Waals surface area (Å²) in [7, 11) is 1.54. The Morgan fingerprint density at radius 1 is 1.62 bits per heavy atom. The molecule has 3 heterocycles. The van der Waals surface area contributed by atoms with Gasteiger partial charge in [0.15, 0.2) is 11.5 Å². The minimum absolute atomic E-state index is 0.0172. The maximum atomic E-state index is 13.8. The van der Waals surface area contributed by atoms with Crippen LogP contribution >= 0.6 is 11.3 Å². The molecule has 0 spiro atoms. The van der Waals surface area contributed by atoms with Gasteiger partial charge < -0.3 is 14.6 Å². The van der Waals surface area contributed by atoms with Crippen LogP contribution in [0.15, 0.2) is 28.1 Å². The van der Waals surface area contributed by atoms with E-state index in [1.807, 2.05) is 17.5 Å². The van der Waals surface area contributed by atoms with E-state index in [0.717, 1.165) is 0 Å². The van der Waals surface area contributed by atoms with Crippen molar-refractivity contribution in [2.24, 2.45) is 0 Å². The first-order chi connectivity index (χ1) is 11.7. The molecule has 0 unspecified atom stereocenters. The van der Waals surface area contributed by atoms with Crippen molar-refractivity contribution in [3.8, 4) is 0 Å². The molecule has 1 amide bonds. The third kappa shape index (κ3) is 4.19. The molecule has 2 aromatic heterocycles. The van der Waals surface area contributed by atoms with Crippen molar-refractivity contribution in [3.05, 3.63) is 39.9 Å². The molecule has 0 aliphatic carbocycles. The predicted octanol–water partition coefficient (Wildman–Crippen LogP) is 2.22. The maximum absolute atomic E-state index is 13.8. The Balaban J connectivity index is 1.54. The SMILES string of the molecule is COCc1cc(C(=O)NC[C@@H]2C[C@H](F)CN2Cc2cccs2)no1. The number of alkyl halides is 1. The van der Waals surface area contributed by atoms with Gasteiger partial charge in [0.25, 0.3) is 5.91 Å². The van der Waals surface area contributed by atoms with Crippen LogP contribution in [0.5, 0.6) is 0 Å². The Morgan fingerprint density at radius 3 is 3.25 bits per heavy atom. The quantitative estimate of drug-likeness (QED) is 0.827. The summed E-state index contributed by atoms with van der Waals surface area (Å²) in [5.74, 6) is 0.172. The number of aromatic nitrogens is 1. The zero-order valence-electron chi connectivity index (χ0n) is 13.4. The van der Waals surface area contributed by atoms with Gasteiger partial charge in [-0.2, -0.15) is 0 Å². The lowest BCUT2D eigenvalue weighted by Crippen LogP contribution is -2.39. The molecule has 0 bridgehead atoms. The van der Waals surface area contributed by atoms with Crippen LogP contribution in [-0.2, 0) is 17.9 Å². The van der Waals surface area contributed by atoms with Crippen LogP contribution < -0.4 is 5.32 Å². The largest absolute Gasteiger partial charge is 0.377 e. The standard InChI is InChI=1S/C16H20FN3O3S/c1-22-10-13-6-15(19-23-13)16(21)18-7-12-5-11(17)8-20(12)9-14-3-2-4-24-14/h2-4,6,11-12H,5,7-10H2,1H3,(H,18,21)/t11-,12-/m0/s1. The van der Waals surface area contributed by atoms with Gasteiger partial charge >= 0.3 is 0 Å². The van der Waals surface area contributed by atoms with E-state index in [9.17, 15) is 9.18 Å². The molecule has 3 rings (SSSR count). The Bertz CT molecular complexity index is 661. The summed E-state index contributed by atoms with van der Waals surface area (Å²) in [5.41, 5.74) is 0.210. The van der Waals surface area contributed by atoms with Crippen LogP contribution in [0, 0.1) is 0 Å². The Labute approximate surface area is 143 Å². The number of likely N-dealkylation sites (tertiary alicyclic amines) is 1. The van der Waals surface area contributed by atoms with Crippen molar-refractivity contribution in [2.75, 3.05) is 20.2 Å². The van der Waals surface area contributed by atoms with E-state index < -0.39 is 6.17 Å². The molecule has 0 radical (unpaired) electrons. The summed E-state index contributed by atoms with van der Waals surface area (Å²) in [6.45, 7) is 1.76. The number of carbonyl (C=O) groups excluding carboxylic acids is 1. The number of nitrogens with one attached hydrogen (secondary N) is 1. The van der Waals surface area contributed by atoms with E-state index in [0.29, 0.717) is 31.8 Å². The molecule has 130 valence electrons. The van der Waals surface area contributed by atoms with Crippen molar-refractivity contribution >= 4 is 17.2 Å². The molecule has 0 saturated carbocycles. The van der Waals surface area contributed by atoms with Gasteiger partial charge in [0.1, 0.15) is 12.8 Å². The number of halogens is 1. The first kappa shape index (κ1) is 17.1.